The zero-order chi connectivity index (χ0) is 12.8. The first-order valence-electron chi connectivity index (χ1n) is 5.63. The van der Waals surface area contributed by atoms with Gasteiger partial charge in [0.25, 0.3) is 5.91 Å². The number of ether oxygens (including phenoxy) is 1. The lowest BCUT2D eigenvalue weighted by molar-refractivity contribution is -0.122. The van der Waals surface area contributed by atoms with Crippen LogP contribution < -0.4 is 10.2 Å². The smallest absolute Gasteiger partial charge is 0.329 e. The van der Waals surface area contributed by atoms with Crippen LogP contribution in [0.1, 0.15) is 6.42 Å². The van der Waals surface area contributed by atoms with E-state index in [1.807, 2.05) is 0 Å². The van der Waals surface area contributed by atoms with Gasteiger partial charge >= 0.3 is 6.03 Å². The van der Waals surface area contributed by atoms with E-state index in [2.05, 4.69) is 5.32 Å². The van der Waals surface area contributed by atoms with Crippen molar-refractivity contribution < 1.29 is 18.7 Å². The van der Waals surface area contributed by atoms with Crippen molar-refractivity contribution in [3.63, 3.8) is 0 Å². The number of urea groups is 1. The molecular weight excluding hydrogens is 239 g/mol. The van der Waals surface area contributed by atoms with E-state index in [9.17, 15) is 14.0 Å². The summed E-state index contributed by atoms with van der Waals surface area (Å²) in [7, 11) is 0. The summed E-state index contributed by atoms with van der Waals surface area (Å²) in [5, 5.41) is 2.60. The minimum atomic E-state index is -1.01. The van der Waals surface area contributed by atoms with Crippen molar-refractivity contribution in [1.82, 2.24) is 5.32 Å². The number of para-hydroxylation sites is 1. The molecule has 0 bridgehead atoms. The molecule has 3 amide bonds. The van der Waals surface area contributed by atoms with E-state index in [0.29, 0.717) is 13.0 Å². The van der Waals surface area contributed by atoms with Gasteiger partial charge in [0.05, 0.1) is 12.3 Å². The van der Waals surface area contributed by atoms with Gasteiger partial charge in [-0.2, -0.15) is 0 Å². The summed E-state index contributed by atoms with van der Waals surface area (Å²) in [6, 6.07) is 5.10. The van der Waals surface area contributed by atoms with E-state index in [1.54, 1.807) is 6.07 Å². The molecule has 0 aliphatic carbocycles. The van der Waals surface area contributed by atoms with Crippen molar-refractivity contribution in [2.75, 3.05) is 18.1 Å². The zero-order valence-corrected chi connectivity index (χ0v) is 9.48. The number of anilines is 1. The third-order valence-corrected chi connectivity index (χ3v) is 3.28. The second kappa shape index (κ2) is 3.78. The Morgan fingerprint density at radius 1 is 1.33 bits per heavy atom. The van der Waals surface area contributed by atoms with E-state index in [-0.39, 0.29) is 12.3 Å². The molecule has 1 aromatic carbocycles. The lowest BCUT2D eigenvalue weighted by Crippen LogP contribution is -2.47. The van der Waals surface area contributed by atoms with E-state index < -0.39 is 23.3 Å². The molecule has 2 aliphatic rings. The molecule has 2 saturated heterocycles. The van der Waals surface area contributed by atoms with Crippen LogP contribution in [0.3, 0.4) is 0 Å². The van der Waals surface area contributed by atoms with Gasteiger partial charge in [-0.25, -0.2) is 14.1 Å². The van der Waals surface area contributed by atoms with Crippen molar-refractivity contribution in [3.05, 3.63) is 30.1 Å². The van der Waals surface area contributed by atoms with Gasteiger partial charge in [-0.1, -0.05) is 12.1 Å². The number of halogens is 1. The number of imide groups is 1. The maximum absolute atomic E-state index is 13.7. The molecule has 1 atom stereocenters. The van der Waals surface area contributed by atoms with Crippen LogP contribution in [0.25, 0.3) is 0 Å². The van der Waals surface area contributed by atoms with E-state index in [0.717, 1.165) is 4.90 Å². The molecule has 94 valence electrons. The van der Waals surface area contributed by atoms with Crippen LogP contribution in [-0.4, -0.2) is 30.7 Å². The topological polar surface area (TPSA) is 58.6 Å². The van der Waals surface area contributed by atoms with Crippen LogP contribution in [0, 0.1) is 5.82 Å². The average Bonchev–Trinajstić information content (AvgIpc) is 2.89. The summed E-state index contributed by atoms with van der Waals surface area (Å²) in [6.07, 6.45) is 0.419. The van der Waals surface area contributed by atoms with Gasteiger partial charge in [0.15, 0.2) is 0 Å². The Balaban J connectivity index is 2.01. The van der Waals surface area contributed by atoms with Crippen LogP contribution in [0.15, 0.2) is 24.3 Å². The summed E-state index contributed by atoms with van der Waals surface area (Å²) >= 11 is 0. The first-order chi connectivity index (χ1) is 8.64. The second-order valence-electron chi connectivity index (χ2n) is 4.41. The highest BCUT2D eigenvalue weighted by Crippen LogP contribution is 2.31. The van der Waals surface area contributed by atoms with Crippen LogP contribution in [0.4, 0.5) is 14.9 Å². The summed E-state index contributed by atoms with van der Waals surface area (Å²) in [5.41, 5.74) is -1.04. The number of hydrogen-bond donors (Lipinski definition) is 1. The molecule has 2 heterocycles. The zero-order valence-electron chi connectivity index (χ0n) is 9.48. The number of amides is 3. The van der Waals surface area contributed by atoms with Crippen molar-refractivity contribution in [1.29, 1.82) is 0 Å². The summed E-state index contributed by atoms with van der Waals surface area (Å²) < 4.78 is 18.8. The number of benzene rings is 1. The highest BCUT2D eigenvalue weighted by Gasteiger charge is 2.54. The Labute approximate surface area is 103 Å². The normalized spacial score (nSPS) is 27.1. The lowest BCUT2D eigenvalue weighted by atomic mass is 9.99. The molecular formula is C12H11FN2O3. The Bertz CT molecular complexity index is 526. The van der Waals surface area contributed by atoms with Gasteiger partial charge in [-0.3, -0.25) is 4.79 Å². The number of hydrogen-bond acceptors (Lipinski definition) is 3. The quantitative estimate of drug-likeness (QED) is 0.758. The molecule has 0 aromatic heterocycles. The first kappa shape index (κ1) is 11.2. The molecule has 1 unspecified atom stereocenters. The van der Waals surface area contributed by atoms with Crippen LogP contribution in [0.5, 0.6) is 0 Å². The van der Waals surface area contributed by atoms with Crippen molar-refractivity contribution in [2.24, 2.45) is 0 Å². The van der Waals surface area contributed by atoms with Crippen molar-refractivity contribution in [2.45, 2.75) is 12.0 Å². The summed E-state index contributed by atoms with van der Waals surface area (Å²) in [4.78, 5) is 25.0. The van der Waals surface area contributed by atoms with Gasteiger partial charge in [0.2, 0.25) is 0 Å². The number of nitrogens with one attached hydrogen (secondary N) is 1. The summed E-state index contributed by atoms with van der Waals surface area (Å²) in [5.74, 6) is -1.05. The second-order valence-corrected chi connectivity index (χ2v) is 4.41. The van der Waals surface area contributed by atoms with Crippen molar-refractivity contribution in [3.8, 4) is 0 Å². The fourth-order valence-electron chi connectivity index (χ4n) is 2.30. The van der Waals surface area contributed by atoms with Gasteiger partial charge in [-0.15, -0.1) is 0 Å². The Morgan fingerprint density at radius 2 is 2.11 bits per heavy atom. The summed E-state index contributed by atoms with van der Waals surface area (Å²) in [6.45, 7) is 0.555. The van der Waals surface area contributed by atoms with Gasteiger partial charge < -0.3 is 10.1 Å². The van der Waals surface area contributed by atoms with Crippen LogP contribution in [-0.2, 0) is 9.53 Å². The van der Waals surface area contributed by atoms with Crippen molar-refractivity contribution >= 4 is 17.6 Å². The Hall–Kier alpha value is -1.95. The predicted molar refractivity (Wildman–Crippen MR) is 60.6 cm³/mol. The molecule has 0 radical (unpaired) electrons. The van der Waals surface area contributed by atoms with Crippen LogP contribution in [0.2, 0.25) is 0 Å². The van der Waals surface area contributed by atoms with E-state index in [1.165, 1.54) is 18.2 Å². The van der Waals surface area contributed by atoms with E-state index >= 15 is 0 Å². The molecule has 2 aliphatic heterocycles. The standard InChI is InChI=1S/C12H11FN2O3/c13-8-3-1-2-4-9(8)15-10(16)12(14-11(15)17)5-6-18-7-12/h1-4H,5-7H2,(H,14,17). The molecule has 18 heavy (non-hydrogen) atoms. The minimum absolute atomic E-state index is 0.0243. The molecule has 1 N–H and O–H groups in total. The highest BCUT2D eigenvalue weighted by atomic mass is 19.1. The maximum Gasteiger partial charge on any atom is 0.329 e. The third-order valence-electron chi connectivity index (χ3n) is 3.28. The average molecular weight is 250 g/mol. The lowest BCUT2D eigenvalue weighted by Gasteiger charge is -2.18. The third kappa shape index (κ3) is 1.42. The molecule has 5 nitrogen and oxygen atoms in total. The maximum atomic E-state index is 13.7. The molecule has 3 rings (SSSR count). The number of rotatable bonds is 1. The SMILES string of the molecule is O=C1NC2(CCOC2)C(=O)N1c1ccccc1F. The molecule has 0 saturated carbocycles. The molecule has 1 spiro atoms. The monoisotopic (exact) mass is 250 g/mol. The Morgan fingerprint density at radius 3 is 2.78 bits per heavy atom. The van der Waals surface area contributed by atoms with Gasteiger partial charge in [-0.05, 0) is 12.1 Å². The number of carbonyl (C=O) groups excluding carboxylic acids is 2. The first-order valence-corrected chi connectivity index (χ1v) is 5.63. The Kier molecular flexibility index (Phi) is 2.34. The fraction of sp³-hybridized carbons (Fsp3) is 0.333. The highest BCUT2D eigenvalue weighted by molar-refractivity contribution is 6.23. The van der Waals surface area contributed by atoms with Crippen LogP contribution >= 0.6 is 0 Å². The minimum Gasteiger partial charge on any atom is -0.378 e. The van der Waals surface area contributed by atoms with Gasteiger partial charge in [0, 0.05) is 13.0 Å². The number of carbonyl (C=O) groups is 2. The van der Waals surface area contributed by atoms with E-state index in [4.69, 9.17) is 4.74 Å². The van der Waals surface area contributed by atoms with Gasteiger partial charge in [0.1, 0.15) is 11.4 Å². The molecule has 6 heteroatoms. The molecule has 2 fully saturated rings. The number of nitrogens with zero attached hydrogens (tertiary/aromatic N) is 1. The largest absolute Gasteiger partial charge is 0.378 e. The fourth-order valence-corrected chi connectivity index (χ4v) is 2.30. The predicted octanol–water partition coefficient (Wildman–Crippen LogP) is 1.04. The molecule has 1 aromatic rings.